The van der Waals surface area contributed by atoms with Crippen LogP contribution in [-0.4, -0.2) is 50.6 Å². The lowest BCUT2D eigenvalue weighted by atomic mass is 10.1. The summed E-state index contributed by atoms with van der Waals surface area (Å²) in [4.78, 5) is 6.84. The van der Waals surface area contributed by atoms with Crippen molar-refractivity contribution < 1.29 is 0 Å². The Morgan fingerprint density at radius 3 is 2.20 bits per heavy atom. The Labute approximate surface area is 143 Å². The predicted molar refractivity (Wildman–Crippen MR) is 101 cm³/mol. The lowest BCUT2D eigenvalue weighted by molar-refractivity contribution is 0.390. The van der Waals surface area contributed by atoms with E-state index >= 15 is 0 Å². The Hall–Kier alpha value is -0.0400. The fraction of sp³-hybridized carbons (Fsp3) is 0.933. The molecule has 0 aliphatic carbocycles. The summed E-state index contributed by atoms with van der Waals surface area (Å²) in [6.07, 6.45) is 6.46. The summed E-state index contributed by atoms with van der Waals surface area (Å²) in [7, 11) is 4.28. The van der Waals surface area contributed by atoms with Crippen LogP contribution in [-0.2, 0) is 0 Å². The van der Waals surface area contributed by atoms with Crippen LogP contribution in [0.1, 0.15) is 52.9 Å². The molecular weight excluding hydrogens is 363 g/mol. The molecule has 0 atom stereocenters. The minimum absolute atomic E-state index is 0. The molecule has 0 aliphatic rings. The van der Waals surface area contributed by atoms with Gasteiger partial charge in [-0.3, -0.25) is 4.99 Å². The van der Waals surface area contributed by atoms with Gasteiger partial charge in [0.25, 0.3) is 0 Å². The predicted octanol–water partition coefficient (Wildman–Crippen LogP) is 3.08. The third-order valence-corrected chi connectivity index (χ3v) is 2.80. The van der Waals surface area contributed by atoms with E-state index in [0.717, 1.165) is 19.0 Å². The summed E-state index contributed by atoms with van der Waals surface area (Å²) in [5.41, 5.74) is 0. The molecule has 0 bridgehead atoms. The van der Waals surface area contributed by atoms with Gasteiger partial charge in [0.1, 0.15) is 0 Å². The molecule has 0 unspecified atom stereocenters. The average molecular weight is 398 g/mol. The van der Waals surface area contributed by atoms with Crippen molar-refractivity contribution in [1.29, 1.82) is 0 Å². The van der Waals surface area contributed by atoms with Gasteiger partial charge in [0, 0.05) is 19.1 Å². The summed E-state index contributed by atoms with van der Waals surface area (Å²) < 4.78 is 0. The Morgan fingerprint density at radius 1 is 1.05 bits per heavy atom. The highest BCUT2D eigenvalue weighted by Gasteiger charge is 1.98. The van der Waals surface area contributed by atoms with Gasteiger partial charge in [-0.25, -0.2) is 0 Å². The van der Waals surface area contributed by atoms with Crippen LogP contribution in [0.5, 0.6) is 0 Å². The SMILES string of the molecule is CCNC(=NCCCCCCCN(C)C)NC(C)C.I. The summed E-state index contributed by atoms with van der Waals surface area (Å²) in [5.74, 6) is 0.949. The molecule has 0 heterocycles. The third kappa shape index (κ3) is 16.0. The summed E-state index contributed by atoms with van der Waals surface area (Å²) in [5, 5.41) is 6.61. The van der Waals surface area contributed by atoms with Crippen LogP contribution in [0.2, 0.25) is 0 Å². The van der Waals surface area contributed by atoms with Crippen LogP contribution in [0.4, 0.5) is 0 Å². The fourth-order valence-corrected chi connectivity index (χ4v) is 1.85. The first-order chi connectivity index (χ1) is 9.06. The van der Waals surface area contributed by atoms with Gasteiger partial charge in [-0.05, 0) is 54.3 Å². The number of guanidine groups is 1. The third-order valence-electron chi connectivity index (χ3n) is 2.80. The smallest absolute Gasteiger partial charge is 0.191 e. The van der Waals surface area contributed by atoms with E-state index in [9.17, 15) is 0 Å². The van der Waals surface area contributed by atoms with E-state index in [1.54, 1.807) is 0 Å². The van der Waals surface area contributed by atoms with Crippen LogP contribution < -0.4 is 10.6 Å². The lowest BCUT2D eigenvalue weighted by Gasteiger charge is -2.13. The van der Waals surface area contributed by atoms with Crippen molar-refractivity contribution in [3.05, 3.63) is 0 Å². The second-order valence-electron chi connectivity index (χ2n) is 5.63. The topological polar surface area (TPSA) is 39.7 Å². The number of hydrogen-bond acceptors (Lipinski definition) is 2. The molecule has 0 aromatic rings. The first-order valence-electron chi connectivity index (χ1n) is 7.75. The monoisotopic (exact) mass is 398 g/mol. The summed E-state index contributed by atoms with van der Waals surface area (Å²) >= 11 is 0. The van der Waals surface area contributed by atoms with Gasteiger partial charge >= 0.3 is 0 Å². The highest BCUT2D eigenvalue weighted by molar-refractivity contribution is 14.0. The van der Waals surface area contributed by atoms with E-state index < -0.39 is 0 Å². The molecule has 5 heteroatoms. The van der Waals surface area contributed by atoms with Gasteiger partial charge in [0.2, 0.25) is 0 Å². The van der Waals surface area contributed by atoms with Gasteiger partial charge in [-0.15, -0.1) is 24.0 Å². The van der Waals surface area contributed by atoms with Crippen molar-refractivity contribution in [2.45, 2.75) is 58.9 Å². The molecular formula is C15H35IN4. The normalized spacial score (nSPS) is 11.7. The van der Waals surface area contributed by atoms with E-state index in [2.05, 4.69) is 55.4 Å². The van der Waals surface area contributed by atoms with Crippen molar-refractivity contribution in [2.75, 3.05) is 33.7 Å². The molecule has 0 aliphatic heterocycles. The quantitative estimate of drug-likeness (QED) is 0.257. The first kappa shape index (κ1) is 22.2. The van der Waals surface area contributed by atoms with Gasteiger partial charge in [-0.1, -0.05) is 19.3 Å². The van der Waals surface area contributed by atoms with Crippen molar-refractivity contribution >= 4 is 29.9 Å². The van der Waals surface area contributed by atoms with E-state index in [1.165, 1.54) is 38.6 Å². The molecule has 0 aromatic heterocycles. The largest absolute Gasteiger partial charge is 0.357 e. The maximum Gasteiger partial charge on any atom is 0.191 e. The van der Waals surface area contributed by atoms with Crippen LogP contribution in [0.15, 0.2) is 4.99 Å². The molecule has 2 N–H and O–H groups in total. The summed E-state index contributed by atoms with van der Waals surface area (Å²) in [6, 6.07) is 0.434. The zero-order valence-corrected chi connectivity index (χ0v) is 16.4. The number of nitrogens with zero attached hydrogens (tertiary/aromatic N) is 2. The molecule has 0 amide bonds. The van der Waals surface area contributed by atoms with Gasteiger partial charge < -0.3 is 15.5 Å². The zero-order valence-electron chi connectivity index (χ0n) is 14.0. The van der Waals surface area contributed by atoms with Crippen LogP contribution in [0.25, 0.3) is 0 Å². The molecule has 4 nitrogen and oxygen atoms in total. The molecule has 0 radical (unpaired) electrons. The minimum atomic E-state index is 0. The molecule has 0 rings (SSSR count). The van der Waals surface area contributed by atoms with Gasteiger partial charge in [0.15, 0.2) is 5.96 Å². The second-order valence-corrected chi connectivity index (χ2v) is 5.63. The molecule has 0 saturated heterocycles. The number of halogens is 1. The summed E-state index contributed by atoms with van der Waals surface area (Å²) in [6.45, 7) is 9.43. The number of rotatable bonds is 10. The standard InChI is InChI=1S/C15H34N4.HI/c1-6-16-15(18-14(2)3)17-12-10-8-7-9-11-13-19(4)5;/h14H,6-13H2,1-5H3,(H2,16,17,18);1H. The minimum Gasteiger partial charge on any atom is -0.357 e. The van der Waals surface area contributed by atoms with Crippen LogP contribution in [0.3, 0.4) is 0 Å². The van der Waals surface area contributed by atoms with E-state index in [-0.39, 0.29) is 24.0 Å². The average Bonchev–Trinajstić information content (AvgIpc) is 2.31. The van der Waals surface area contributed by atoms with Gasteiger partial charge in [0.05, 0.1) is 0 Å². The van der Waals surface area contributed by atoms with Gasteiger partial charge in [-0.2, -0.15) is 0 Å². The Balaban J connectivity index is 0. The molecule has 0 saturated carbocycles. The lowest BCUT2D eigenvalue weighted by Crippen LogP contribution is -2.41. The maximum atomic E-state index is 4.59. The first-order valence-corrected chi connectivity index (χ1v) is 7.75. The molecule has 0 fully saturated rings. The number of unbranched alkanes of at least 4 members (excludes halogenated alkanes) is 4. The molecule has 122 valence electrons. The van der Waals surface area contributed by atoms with Crippen molar-refractivity contribution in [3.63, 3.8) is 0 Å². The van der Waals surface area contributed by atoms with Crippen molar-refractivity contribution in [1.82, 2.24) is 15.5 Å². The Kier molecular flexibility index (Phi) is 17.1. The second kappa shape index (κ2) is 15.4. The highest BCUT2D eigenvalue weighted by Crippen LogP contribution is 2.03. The number of hydrogen-bond donors (Lipinski definition) is 2. The number of aliphatic imine (C=N–C) groups is 1. The maximum absolute atomic E-state index is 4.59. The molecule has 20 heavy (non-hydrogen) atoms. The van der Waals surface area contributed by atoms with Crippen molar-refractivity contribution in [3.8, 4) is 0 Å². The fourth-order valence-electron chi connectivity index (χ4n) is 1.85. The highest BCUT2D eigenvalue weighted by atomic mass is 127. The van der Waals surface area contributed by atoms with Crippen LogP contribution in [0, 0.1) is 0 Å². The van der Waals surface area contributed by atoms with E-state index in [1.807, 2.05) is 0 Å². The Bertz CT molecular complexity index is 230. The van der Waals surface area contributed by atoms with E-state index in [4.69, 9.17) is 0 Å². The van der Waals surface area contributed by atoms with Crippen molar-refractivity contribution in [2.24, 2.45) is 4.99 Å². The Morgan fingerprint density at radius 2 is 1.65 bits per heavy atom. The molecule has 0 aromatic carbocycles. The number of nitrogens with one attached hydrogen (secondary N) is 2. The van der Waals surface area contributed by atoms with E-state index in [0.29, 0.717) is 6.04 Å². The molecule has 0 spiro atoms. The zero-order chi connectivity index (χ0) is 14.5. The van der Waals surface area contributed by atoms with Crippen LogP contribution >= 0.6 is 24.0 Å².